The van der Waals surface area contributed by atoms with Crippen LogP contribution in [0.25, 0.3) is 0 Å². The van der Waals surface area contributed by atoms with E-state index in [1.54, 1.807) is 18.2 Å². The van der Waals surface area contributed by atoms with E-state index in [1.807, 2.05) is 32.1 Å². The van der Waals surface area contributed by atoms with Crippen molar-refractivity contribution in [2.24, 2.45) is 0 Å². The van der Waals surface area contributed by atoms with E-state index in [1.165, 1.54) is 6.08 Å². The summed E-state index contributed by atoms with van der Waals surface area (Å²) < 4.78 is 5.30. The maximum Gasteiger partial charge on any atom is 0.262 e. The molecular weight excluding hydrogens is 268 g/mol. The lowest BCUT2D eigenvalue weighted by molar-refractivity contribution is -0.119. The molecule has 2 N–H and O–H groups in total. The summed E-state index contributed by atoms with van der Waals surface area (Å²) in [5.74, 6) is 0.300. The van der Waals surface area contributed by atoms with Crippen molar-refractivity contribution in [2.45, 2.75) is 19.9 Å². The minimum atomic E-state index is -0.175. The Labute approximate surface area is 123 Å². The van der Waals surface area contributed by atoms with Gasteiger partial charge in [-0.1, -0.05) is 24.3 Å². The first-order valence-electron chi connectivity index (χ1n) is 6.76. The highest BCUT2D eigenvalue weighted by Gasteiger charge is 2.17. The third-order valence-corrected chi connectivity index (χ3v) is 3.05. The fourth-order valence-corrected chi connectivity index (χ4v) is 1.97. The number of nitrogens with one attached hydrogen (secondary N) is 2. The second-order valence-corrected chi connectivity index (χ2v) is 4.71. The lowest BCUT2D eigenvalue weighted by Crippen LogP contribution is -2.27. The highest BCUT2D eigenvalue weighted by molar-refractivity contribution is 5.95. The minimum absolute atomic E-state index is 0.0361. The van der Waals surface area contributed by atoms with E-state index in [2.05, 4.69) is 10.6 Å². The van der Waals surface area contributed by atoms with Gasteiger partial charge in [0.1, 0.15) is 5.75 Å². The Balaban J connectivity index is 2.06. The molecule has 21 heavy (non-hydrogen) atoms. The van der Waals surface area contributed by atoms with Crippen molar-refractivity contribution >= 4 is 17.5 Å². The number of fused-ring (bicyclic) bond motifs is 1. The van der Waals surface area contributed by atoms with Crippen LogP contribution in [0.15, 0.2) is 42.5 Å². The van der Waals surface area contributed by atoms with Gasteiger partial charge in [0.05, 0.1) is 11.7 Å². The summed E-state index contributed by atoms with van der Waals surface area (Å²) in [6.45, 7) is 3.80. The van der Waals surface area contributed by atoms with Gasteiger partial charge in [-0.2, -0.15) is 0 Å². The van der Waals surface area contributed by atoms with Crippen molar-refractivity contribution in [1.29, 1.82) is 0 Å². The number of allylic oxidation sites excluding steroid dienone is 3. The molecule has 1 aliphatic heterocycles. The quantitative estimate of drug-likeness (QED) is 0.659. The van der Waals surface area contributed by atoms with E-state index < -0.39 is 0 Å². The van der Waals surface area contributed by atoms with E-state index in [9.17, 15) is 9.59 Å². The van der Waals surface area contributed by atoms with Crippen LogP contribution in [0.3, 0.4) is 0 Å². The molecule has 0 bridgehead atoms. The summed E-state index contributed by atoms with van der Waals surface area (Å²) in [5.41, 5.74) is 1.53. The van der Waals surface area contributed by atoms with Crippen LogP contribution in [0.2, 0.25) is 0 Å². The van der Waals surface area contributed by atoms with Crippen LogP contribution in [0.1, 0.15) is 25.5 Å². The lowest BCUT2D eigenvalue weighted by atomic mass is 10.1. The number of anilines is 1. The van der Waals surface area contributed by atoms with E-state index in [0.717, 1.165) is 5.56 Å². The Morgan fingerprint density at radius 3 is 3.00 bits per heavy atom. The molecule has 110 valence electrons. The minimum Gasteiger partial charge on any atom is -0.482 e. The number of benzene rings is 1. The Bertz CT molecular complexity index is 606. The number of ether oxygens (including phenoxy) is 1. The van der Waals surface area contributed by atoms with E-state index in [-0.39, 0.29) is 24.5 Å². The molecule has 1 heterocycles. The zero-order valence-electron chi connectivity index (χ0n) is 12.1. The van der Waals surface area contributed by atoms with Crippen molar-refractivity contribution in [3.63, 3.8) is 0 Å². The lowest BCUT2D eigenvalue weighted by Gasteiger charge is -2.20. The van der Waals surface area contributed by atoms with Crippen molar-refractivity contribution in [2.75, 3.05) is 11.9 Å². The Kier molecular flexibility index (Phi) is 4.77. The topological polar surface area (TPSA) is 67.4 Å². The third kappa shape index (κ3) is 3.95. The predicted octanol–water partition coefficient (Wildman–Crippen LogP) is 2.33. The molecule has 2 rings (SSSR count). The van der Waals surface area contributed by atoms with Crippen LogP contribution < -0.4 is 15.4 Å². The van der Waals surface area contributed by atoms with Gasteiger partial charge in [0, 0.05) is 6.08 Å². The average Bonchev–Trinajstić information content (AvgIpc) is 2.46. The highest BCUT2D eigenvalue weighted by atomic mass is 16.5. The van der Waals surface area contributed by atoms with Gasteiger partial charge in [-0.05, 0) is 31.5 Å². The number of rotatable bonds is 4. The second-order valence-electron chi connectivity index (χ2n) is 4.71. The van der Waals surface area contributed by atoms with Crippen molar-refractivity contribution in [1.82, 2.24) is 5.32 Å². The molecule has 1 aromatic carbocycles. The predicted molar refractivity (Wildman–Crippen MR) is 81.1 cm³/mol. The summed E-state index contributed by atoms with van der Waals surface area (Å²) in [6.07, 6.45) is 6.79. The molecule has 2 amide bonds. The number of carbonyl (C=O) groups is 2. The summed E-state index contributed by atoms with van der Waals surface area (Å²) in [4.78, 5) is 23.0. The molecule has 1 aliphatic rings. The third-order valence-electron chi connectivity index (χ3n) is 3.05. The number of amides is 2. The highest BCUT2D eigenvalue weighted by Crippen LogP contribution is 2.30. The van der Waals surface area contributed by atoms with Crippen LogP contribution in [0, 0.1) is 0 Å². The fraction of sp³-hybridized carbons (Fsp3) is 0.250. The van der Waals surface area contributed by atoms with Crippen molar-refractivity contribution < 1.29 is 14.3 Å². The van der Waals surface area contributed by atoms with E-state index in [0.29, 0.717) is 11.4 Å². The average molecular weight is 286 g/mol. The molecule has 0 fully saturated rings. The standard InChI is InChI=1S/C16H18N2O3/c1-3-4-5-6-15(19)17-11(2)12-7-8-14-13(9-12)18-16(20)10-21-14/h3-9,11H,10H2,1-2H3,(H,17,19)(H,18,20). The van der Waals surface area contributed by atoms with Crippen LogP contribution >= 0.6 is 0 Å². The van der Waals surface area contributed by atoms with E-state index >= 15 is 0 Å². The van der Waals surface area contributed by atoms with Gasteiger partial charge in [0.2, 0.25) is 5.91 Å². The summed E-state index contributed by atoms with van der Waals surface area (Å²) in [6, 6.07) is 5.31. The van der Waals surface area contributed by atoms with Crippen molar-refractivity contribution in [3.05, 3.63) is 48.1 Å². The number of hydrogen-bond donors (Lipinski definition) is 2. The zero-order valence-corrected chi connectivity index (χ0v) is 12.1. The summed E-state index contributed by atoms with van der Waals surface area (Å²) in [7, 11) is 0. The Morgan fingerprint density at radius 1 is 1.43 bits per heavy atom. The van der Waals surface area contributed by atoms with Gasteiger partial charge in [-0.25, -0.2) is 0 Å². The largest absolute Gasteiger partial charge is 0.482 e. The fourth-order valence-electron chi connectivity index (χ4n) is 1.97. The maximum atomic E-state index is 11.7. The Morgan fingerprint density at radius 2 is 2.24 bits per heavy atom. The SMILES string of the molecule is CC=CC=CC(=O)NC(C)c1ccc2c(c1)NC(=O)CO2. The van der Waals surface area contributed by atoms with Gasteiger partial charge in [0.25, 0.3) is 5.91 Å². The molecule has 0 spiro atoms. The molecule has 0 aromatic heterocycles. The first-order valence-corrected chi connectivity index (χ1v) is 6.76. The first-order chi connectivity index (χ1) is 10.1. The smallest absolute Gasteiger partial charge is 0.262 e. The van der Waals surface area contributed by atoms with Gasteiger partial charge in [0.15, 0.2) is 6.61 Å². The van der Waals surface area contributed by atoms with Crippen LogP contribution in [0.5, 0.6) is 5.75 Å². The molecule has 1 unspecified atom stereocenters. The van der Waals surface area contributed by atoms with Crippen molar-refractivity contribution in [3.8, 4) is 5.75 Å². The maximum absolute atomic E-state index is 11.7. The van der Waals surface area contributed by atoms with E-state index in [4.69, 9.17) is 4.74 Å². The summed E-state index contributed by atoms with van der Waals surface area (Å²) in [5, 5.41) is 5.61. The summed E-state index contributed by atoms with van der Waals surface area (Å²) >= 11 is 0. The molecule has 0 radical (unpaired) electrons. The Hall–Kier alpha value is -2.56. The first kappa shape index (κ1) is 14.8. The molecule has 0 saturated heterocycles. The molecule has 0 aliphatic carbocycles. The molecule has 5 nitrogen and oxygen atoms in total. The normalized spacial score (nSPS) is 15.4. The van der Waals surface area contributed by atoms with Gasteiger partial charge in [-0.3, -0.25) is 9.59 Å². The molecule has 1 atom stereocenters. The number of carbonyl (C=O) groups excluding carboxylic acids is 2. The second kappa shape index (κ2) is 6.74. The monoisotopic (exact) mass is 286 g/mol. The zero-order chi connectivity index (χ0) is 15.2. The van der Waals surface area contributed by atoms with Gasteiger partial charge >= 0.3 is 0 Å². The molecule has 1 aromatic rings. The number of hydrogen-bond acceptors (Lipinski definition) is 3. The van der Waals surface area contributed by atoms with Crippen LogP contribution in [-0.2, 0) is 9.59 Å². The van der Waals surface area contributed by atoms with Crippen LogP contribution in [-0.4, -0.2) is 18.4 Å². The van der Waals surface area contributed by atoms with Crippen LogP contribution in [0.4, 0.5) is 5.69 Å². The molecular formula is C16H18N2O3. The van der Waals surface area contributed by atoms with Gasteiger partial charge < -0.3 is 15.4 Å². The molecule has 5 heteroatoms. The molecule has 0 saturated carbocycles. The van der Waals surface area contributed by atoms with Gasteiger partial charge in [-0.15, -0.1) is 0 Å².